The second kappa shape index (κ2) is 4.10. The van der Waals surface area contributed by atoms with Gasteiger partial charge in [-0.3, -0.25) is 0 Å². The number of hydrogen-bond acceptors (Lipinski definition) is 2. The highest BCUT2D eigenvalue weighted by Crippen LogP contribution is 2.65. The van der Waals surface area contributed by atoms with Gasteiger partial charge in [0.25, 0.3) is 0 Å². The number of rotatable bonds is 2. The molecule has 2 nitrogen and oxygen atoms in total. The Morgan fingerprint density at radius 2 is 1.74 bits per heavy atom. The van der Waals surface area contributed by atoms with Crippen LogP contribution in [0.15, 0.2) is 11.6 Å². The van der Waals surface area contributed by atoms with Gasteiger partial charge in [0.2, 0.25) is 0 Å². The van der Waals surface area contributed by atoms with Gasteiger partial charge in [0.15, 0.2) is 0 Å². The van der Waals surface area contributed by atoms with Crippen LogP contribution in [0.25, 0.3) is 0 Å². The van der Waals surface area contributed by atoms with Gasteiger partial charge in [0.1, 0.15) is 5.60 Å². The van der Waals surface area contributed by atoms with Gasteiger partial charge in [0.05, 0.1) is 0 Å². The number of hydrogen-bond donors (Lipinski definition) is 0. The Morgan fingerprint density at radius 1 is 1.16 bits per heavy atom. The van der Waals surface area contributed by atoms with Gasteiger partial charge < -0.3 is 4.74 Å². The Hall–Kier alpha value is -0.790. The average Bonchev–Trinajstić information content (AvgIpc) is 2.34. The first-order valence-electron chi connectivity index (χ1n) is 7.74. The minimum atomic E-state index is -0.248. The van der Waals surface area contributed by atoms with Gasteiger partial charge in [-0.15, -0.1) is 0 Å². The molecule has 0 saturated heterocycles. The fraction of sp³-hybridized carbons (Fsp3) is 0.824. The molecule has 3 atom stereocenters. The zero-order valence-corrected chi connectivity index (χ0v) is 12.7. The molecule has 4 bridgehead atoms. The first-order chi connectivity index (χ1) is 8.88. The van der Waals surface area contributed by atoms with E-state index in [9.17, 15) is 4.79 Å². The van der Waals surface area contributed by atoms with Crippen LogP contribution in [-0.4, -0.2) is 11.6 Å². The molecule has 0 amide bonds. The molecule has 0 aliphatic heterocycles. The Bertz CT molecular complexity index is 423. The maximum Gasteiger partial charge on any atom is 0.333 e. The highest BCUT2D eigenvalue weighted by atomic mass is 16.6. The van der Waals surface area contributed by atoms with E-state index in [4.69, 9.17) is 4.74 Å². The van der Waals surface area contributed by atoms with Crippen LogP contribution in [0.1, 0.15) is 59.8 Å². The molecule has 4 saturated carbocycles. The highest BCUT2D eigenvalue weighted by Gasteiger charge is 2.63. The molecule has 0 aromatic carbocycles. The molecular formula is C17H26O2. The Labute approximate surface area is 116 Å². The molecule has 0 radical (unpaired) electrons. The second-order valence-electron chi connectivity index (χ2n) is 7.57. The van der Waals surface area contributed by atoms with E-state index in [-0.39, 0.29) is 17.0 Å². The van der Waals surface area contributed by atoms with Crippen LogP contribution in [0.3, 0.4) is 0 Å². The normalized spacial score (nSPS) is 48.4. The lowest BCUT2D eigenvalue weighted by molar-refractivity contribution is -0.231. The molecule has 4 rings (SSSR count). The second-order valence-corrected chi connectivity index (χ2v) is 7.57. The van der Waals surface area contributed by atoms with Gasteiger partial charge in [-0.1, -0.05) is 13.0 Å². The lowest BCUT2D eigenvalue weighted by atomic mass is 9.44. The molecule has 0 aromatic heterocycles. The summed E-state index contributed by atoms with van der Waals surface area (Å²) in [6, 6.07) is 0. The van der Waals surface area contributed by atoms with E-state index in [1.165, 1.54) is 32.1 Å². The molecule has 3 unspecified atom stereocenters. The predicted octanol–water partition coefficient (Wildman–Crippen LogP) is 4.10. The van der Waals surface area contributed by atoms with Crippen LogP contribution < -0.4 is 0 Å². The fourth-order valence-corrected chi connectivity index (χ4v) is 5.20. The SMILES string of the molecule is CC=C(C)C(=O)OC1(C)C2CC3CC(C2)CC1(C)C3. The summed E-state index contributed by atoms with van der Waals surface area (Å²) in [5.74, 6) is 2.24. The summed E-state index contributed by atoms with van der Waals surface area (Å²) in [5, 5.41) is 0. The third kappa shape index (κ3) is 1.79. The van der Waals surface area contributed by atoms with Gasteiger partial charge in [-0.25, -0.2) is 4.79 Å². The van der Waals surface area contributed by atoms with E-state index >= 15 is 0 Å². The third-order valence-electron chi connectivity index (χ3n) is 6.42. The molecule has 0 N–H and O–H groups in total. The lowest BCUT2D eigenvalue weighted by Gasteiger charge is -2.64. The van der Waals surface area contributed by atoms with Gasteiger partial charge in [0, 0.05) is 11.0 Å². The molecule has 19 heavy (non-hydrogen) atoms. The van der Waals surface area contributed by atoms with E-state index in [0.717, 1.165) is 17.4 Å². The van der Waals surface area contributed by atoms with Crippen LogP contribution in [0.5, 0.6) is 0 Å². The maximum atomic E-state index is 12.2. The van der Waals surface area contributed by atoms with E-state index < -0.39 is 0 Å². The number of esters is 1. The standard InChI is InChI=1S/C17H26O2/c1-5-11(2)15(18)19-17(4)14-7-12-6-13(8-14)10-16(17,3)9-12/h5,12-14H,6-10H2,1-4H3. The highest BCUT2D eigenvalue weighted by molar-refractivity contribution is 5.88. The van der Waals surface area contributed by atoms with Gasteiger partial charge >= 0.3 is 5.97 Å². The van der Waals surface area contributed by atoms with Crippen LogP contribution in [0, 0.1) is 23.2 Å². The van der Waals surface area contributed by atoms with Crippen molar-refractivity contribution < 1.29 is 9.53 Å². The Morgan fingerprint density at radius 3 is 2.21 bits per heavy atom. The molecule has 4 fully saturated rings. The summed E-state index contributed by atoms with van der Waals surface area (Å²) in [7, 11) is 0. The molecule has 4 aliphatic rings. The molecule has 0 spiro atoms. The van der Waals surface area contributed by atoms with E-state index in [1.54, 1.807) is 0 Å². The lowest BCUT2D eigenvalue weighted by Crippen LogP contribution is -2.63. The minimum absolute atomic E-state index is 0.112. The summed E-state index contributed by atoms with van der Waals surface area (Å²) < 4.78 is 6.06. The summed E-state index contributed by atoms with van der Waals surface area (Å²) >= 11 is 0. The summed E-state index contributed by atoms with van der Waals surface area (Å²) in [5.41, 5.74) is 0.686. The van der Waals surface area contributed by atoms with Crippen molar-refractivity contribution in [2.24, 2.45) is 23.2 Å². The number of carbonyl (C=O) groups is 1. The molecular weight excluding hydrogens is 236 g/mol. The summed E-state index contributed by atoms with van der Waals surface area (Å²) in [4.78, 5) is 12.2. The van der Waals surface area contributed by atoms with Gasteiger partial charge in [-0.2, -0.15) is 0 Å². The quantitative estimate of drug-likeness (QED) is 0.553. The summed E-state index contributed by atoms with van der Waals surface area (Å²) in [6.45, 7) is 8.31. The molecule has 106 valence electrons. The third-order valence-corrected chi connectivity index (χ3v) is 6.42. The average molecular weight is 262 g/mol. The number of carbonyl (C=O) groups excluding carboxylic acids is 1. The van der Waals surface area contributed by atoms with E-state index in [0.29, 0.717) is 5.92 Å². The topological polar surface area (TPSA) is 26.3 Å². The van der Waals surface area contributed by atoms with Crippen molar-refractivity contribution in [3.8, 4) is 0 Å². The van der Waals surface area contributed by atoms with Crippen molar-refractivity contribution in [3.63, 3.8) is 0 Å². The van der Waals surface area contributed by atoms with E-state index in [1.807, 2.05) is 19.9 Å². The molecule has 0 heterocycles. The van der Waals surface area contributed by atoms with E-state index in [2.05, 4.69) is 13.8 Å². The Kier molecular flexibility index (Phi) is 2.85. The molecule has 0 aromatic rings. The maximum absolute atomic E-state index is 12.2. The predicted molar refractivity (Wildman–Crippen MR) is 75.6 cm³/mol. The van der Waals surface area contributed by atoms with Crippen LogP contribution in [-0.2, 0) is 9.53 Å². The van der Waals surface area contributed by atoms with Crippen LogP contribution >= 0.6 is 0 Å². The van der Waals surface area contributed by atoms with Crippen LogP contribution in [0.2, 0.25) is 0 Å². The fourth-order valence-electron chi connectivity index (χ4n) is 5.20. The smallest absolute Gasteiger partial charge is 0.333 e. The van der Waals surface area contributed by atoms with Crippen molar-refractivity contribution in [1.29, 1.82) is 0 Å². The van der Waals surface area contributed by atoms with Crippen molar-refractivity contribution >= 4 is 5.97 Å². The van der Waals surface area contributed by atoms with Crippen molar-refractivity contribution in [3.05, 3.63) is 11.6 Å². The first kappa shape index (κ1) is 13.2. The monoisotopic (exact) mass is 262 g/mol. The largest absolute Gasteiger partial charge is 0.455 e. The van der Waals surface area contributed by atoms with Crippen molar-refractivity contribution in [2.45, 2.75) is 65.4 Å². The molecule has 2 heteroatoms. The van der Waals surface area contributed by atoms with Crippen LogP contribution in [0.4, 0.5) is 0 Å². The number of ether oxygens (including phenoxy) is 1. The van der Waals surface area contributed by atoms with Crippen molar-refractivity contribution in [2.75, 3.05) is 0 Å². The Balaban J connectivity index is 1.88. The van der Waals surface area contributed by atoms with Crippen molar-refractivity contribution in [1.82, 2.24) is 0 Å². The van der Waals surface area contributed by atoms with Gasteiger partial charge in [-0.05, 0) is 70.6 Å². The zero-order chi connectivity index (χ0) is 13.8. The summed E-state index contributed by atoms with van der Waals surface area (Å²) in [6.07, 6.45) is 8.31. The minimum Gasteiger partial charge on any atom is -0.455 e. The molecule has 4 aliphatic carbocycles. The number of allylic oxidation sites excluding steroid dienone is 1. The zero-order valence-electron chi connectivity index (χ0n) is 12.7. The first-order valence-corrected chi connectivity index (χ1v) is 7.74.